The van der Waals surface area contributed by atoms with Crippen LogP contribution < -0.4 is 0 Å². The molecule has 0 unspecified atom stereocenters. The van der Waals surface area contributed by atoms with E-state index in [0.29, 0.717) is 11.5 Å². The number of halogens is 5. The van der Waals surface area contributed by atoms with Gasteiger partial charge in [-0.1, -0.05) is 57.4 Å². The summed E-state index contributed by atoms with van der Waals surface area (Å²) >= 11 is 0. The molecule has 0 heterocycles. The maximum Gasteiger partial charge on any atom is 0.422 e. The molecule has 180 valence electrons. The number of hydrogen-bond acceptors (Lipinski definition) is 0. The number of rotatable bonds is 9. The van der Waals surface area contributed by atoms with Crippen LogP contribution in [-0.2, 0) is 6.18 Å². The van der Waals surface area contributed by atoms with E-state index in [0.717, 1.165) is 56.1 Å². The van der Waals surface area contributed by atoms with Gasteiger partial charge in [0.25, 0.3) is 0 Å². The summed E-state index contributed by atoms with van der Waals surface area (Å²) in [5.41, 5.74) is -1.40. The highest BCUT2D eigenvalue weighted by atomic mass is 19.4. The first-order valence-corrected chi connectivity index (χ1v) is 12.4. The van der Waals surface area contributed by atoms with E-state index in [1.54, 1.807) is 0 Å². The van der Waals surface area contributed by atoms with Crippen LogP contribution in [0.15, 0.2) is 24.8 Å². The molecule has 2 saturated carbocycles. The molecule has 2 aliphatic carbocycles. The molecular formula is C27H37F5. The summed E-state index contributed by atoms with van der Waals surface area (Å²) in [4.78, 5) is 0. The molecule has 1 aromatic carbocycles. The van der Waals surface area contributed by atoms with E-state index in [2.05, 4.69) is 6.58 Å². The van der Waals surface area contributed by atoms with Gasteiger partial charge < -0.3 is 0 Å². The van der Waals surface area contributed by atoms with Gasteiger partial charge >= 0.3 is 6.18 Å². The molecule has 2 aliphatic rings. The Kier molecular flexibility index (Phi) is 9.19. The van der Waals surface area contributed by atoms with Crippen LogP contribution in [0.4, 0.5) is 22.0 Å². The van der Waals surface area contributed by atoms with Crippen molar-refractivity contribution in [2.75, 3.05) is 0 Å². The van der Waals surface area contributed by atoms with Gasteiger partial charge in [0.05, 0.1) is 0 Å². The van der Waals surface area contributed by atoms with Crippen LogP contribution >= 0.6 is 0 Å². The second kappa shape index (κ2) is 11.7. The Morgan fingerprint density at radius 2 is 1.22 bits per heavy atom. The standard InChI is InChI=1S/C27H37F5/c1-2-3-4-5-6-19-7-9-20(10-8-19)11-12-21-13-15-22(16-14-21)23-17-24(28)26(25(29)18-23)27(30,31)32/h2,17-22H,1,3-16H2. The molecule has 2 fully saturated rings. The molecular weight excluding hydrogens is 419 g/mol. The van der Waals surface area contributed by atoms with Crippen LogP contribution in [0.5, 0.6) is 0 Å². The van der Waals surface area contributed by atoms with Crippen molar-refractivity contribution in [2.24, 2.45) is 17.8 Å². The molecule has 0 aliphatic heterocycles. The topological polar surface area (TPSA) is 0 Å². The predicted octanol–water partition coefficient (Wildman–Crippen LogP) is 9.59. The molecule has 0 N–H and O–H groups in total. The van der Waals surface area contributed by atoms with Gasteiger partial charge in [-0.15, -0.1) is 6.58 Å². The molecule has 0 saturated heterocycles. The molecule has 0 atom stereocenters. The first kappa shape index (κ1) is 25.2. The zero-order chi connectivity index (χ0) is 23.1. The van der Waals surface area contributed by atoms with Crippen molar-refractivity contribution < 1.29 is 22.0 Å². The lowest BCUT2D eigenvalue weighted by Crippen LogP contribution is -2.18. The van der Waals surface area contributed by atoms with Gasteiger partial charge in [0.1, 0.15) is 17.2 Å². The van der Waals surface area contributed by atoms with E-state index < -0.39 is 23.4 Å². The summed E-state index contributed by atoms with van der Waals surface area (Å²) in [7, 11) is 0. The van der Waals surface area contributed by atoms with Crippen molar-refractivity contribution in [3.05, 3.63) is 47.5 Å². The summed E-state index contributed by atoms with van der Waals surface area (Å²) in [6.45, 7) is 3.78. The van der Waals surface area contributed by atoms with Crippen LogP contribution in [0.2, 0.25) is 0 Å². The van der Waals surface area contributed by atoms with E-state index in [-0.39, 0.29) is 5.92 Å². The Bertz CT molecular complexity index is 699. The van der Waals surface area contributed by atoms with E-state index in [4.69, 9.17) is 0 Å². The maximum atomic E-state index is 13.9. The summed E-state index contributed by atoms with van der Waals surface area (Å²) in [5, 5.41) is 0. The lowest BCUT2D eigenvalue weighted by molar-refractivity contribution is -0.142. The number of alkyl halides is 3. The van der Waals surface area contributed by atoms with Gasteiger partial charge in [-0.3, -0.25) is 0 Å². The molecule has 3 rings (SSSR count). The highest BCUT2D eigenvalue weighted by molar-refractivity contribution is 5.30. The van der Waals surface area contributed by atoms with Crippen LogP contribution in [0.3, 0.4) is 0 Å². The molecule has 0 aromatic heterocycles. The average molecular weight is 457 g/mol. The van der Waals surface area contributed by atoms with E-state index >= 15 is 0 Å². The number of hydrogen-bond donors (Lipinski definition) is 0. The molecule has 0 amide bonds. The Balaban J connectivity index is 1.38. The lowest BCUT2D eigenvalue weighted by Gasteiger charge is -2.32. The van der Waals surface area contributed by atoms with Gasteiger partial charge in [0, 0.05) is 0 Å². The Morgan fingerprint density at radius 1 is 0.750 bits per heavy atom. The average Bonchev–Trinajstić information content (AvgIpc) is 2.75. The predicted molar refractivity (Wildman–Crippen MR) is 119 cm³/mol. The van der Waals surface area contributed by atoms with Crippen molar-refractivity contribution in [1.29, 1.82) is 0 Å². The molecule has 0 nitrogen and oxygen atoms in total. The third-order valence-electron chi connectivity index (χ3n) is 7.89. The van der Waals surface area contributed by atoms with Crippen LogP contribution in [0, 0.1) is 29.4 Å². The lowest BCUT2D eigenvalue weighted by atomic mass is 9.74. The van der Waals surface area contributed by atoms with Crippen molar-refractivity contribution in [2.45, 2.75) is 102 Å². The molecule has 32 heavy (non-hydrogen) atoms. The van der Waals surface area contributed by atoms with Gasteiger partial charge in [-0.2, -0.15) is 13.2 Å². The molecule has 0 radical (unpaired) electrons. The fourth-order valence-electron chi connectivity index (χ4n) is 5.89. The minimum absolute atomic E-state index is 0.0472. The largest absolute Gasteiger partial charge is 0.422 e. The zero-order valence-electron chi connectivity index (χ0n) is 19.0. The van der Waals surface area contributed by atoms with Gasteiger partial charge in [-0.05, 0) is 79.9 Å². The van der Waals surface area contributed by atoms with Gasteiger partial charge in [-0.25, -0.2) is 8.78 Å². The summed E-state index contributed by atoms with van der Waals surface area (Å²) in [5.74, 6) is -0.677. The quantitative estimate of drug-likeness (QED) is 0.197. The second-order valence-corrected chi connectivity index (χ2v) is 10.1. The van der Waals surface area contributed by atoms with Crippen molar-refractivity contribution in [3.63, 3.8) is 0 Å². The first-order chi connectivity index (χ1) is 15.3. The highest BCUT2D eigenvalue weighted by Gasteiger charge is 2.38. The monoisotopic (exact) mass is 456 g/mol. The molecule has 1 aromatic rings. The van der Waals surface area contributed by atoms with Crippen LogP contribution in [0.25, 0.3) is 0 Å². The maximum absolute atomic E-state index is 13.9. The number of allylic oxidation sites excluding steroid dienone is 1. The van der Waals surface area contributed by atoms with Crippen LogP contribution in [-0.4, -0.2) is 0 Å². The Labute approximate surface area is 189 Å². The SMILES string of the molecule is C=CCCCCC1CCC(CCC2CCC(c3cc(F)c(C(F)(F)F)c(F)c3)CC2)CC1. The second-order valence-electron chi connectivity index (χ2n) is 10.1. The Morgan fingerprint density at radius 3 is 1.69 bits per heavy atom. The smallest absolute Gasteiger partial charge is 0.206 e. The van der Waals surface area contributed by atoms with E-state index in [1.807, 2.05) is 6.08 Å². The minimum atomic E-state index is -5.00. The Hall–Kier alpha value is -1.39. The zero-order valence-corrected chi connectivity index (χ0v) is 19.0. The summed E-state index contributed by atoms with van der Waals surface area (Å²) in [6, 6.07) is 1.79. The molecule has 0 spiro atoms. The van der Waals surface area contributed by atoms with Crippen molar-refractivity contribution in [3.8, 4) is 0 Å². The highest BCUT2D eigenvalue weighted by Crippen LogP contribution is 2.42. The van der Waals surface area contributed by atoms with Crippen molar-refractivity contribution >= 4 is 0 Å². The summed E-state index contributed by atoms with van der Waals surface area (Å²) in [6.07, 6.45) is 13.5. The van der Waals surface area contributed by atoms with Gasteiger partial charge in [0.15, 0.2) is 0 Å². The minimum Gasteiger partial charge on any atom is -0.206 e. The number of unbranched alkanes of at least 4 members (excludes halogenated alkanes) is 2. The fourth-order valence-corrected chi connectivity index (χ4v) is 5.89. The first-order valence-electron chi connectivity index (χ1n) is 12.4. The summed E-state index contributed by atoms with van der Waals surface area (Å²) < 4.78 is 66.2. The normalized spacial score (nSPS) is 26.8. The number of benzene rings is 1. The third-order valence-corrected chi connectivity index (χ3v) is 7.89. The fraction of sp³-hybridized carbons (Fsp3) is 0.704. The van der Waals surface area contributed by atoms with Gasteiger partial charge in [0.2, 0.25) is 0 Å². The third kappa shape index (κ3) is 7.05. The van der Waals surface area contributed by atoms with E-state index in [9.17, 15) is 22.0 Å². The van der Waals surface area contributed by atoms with Crippen LogP contribution in [0.1, 0.15) is 107 Å². The molecule has 5 heteroatoms. The van der Waals surface area contributed by atoms with Crippen molar-refractivity contribution in [1.82, 2.24) is 0 Å². The molecule has 0 bridgehead atoms. The van der Waals surface area contributed by atoms with E-state index in [1.165, 1.54) is 57.8 Å².